The monoisotopic (exact) mass is 276 g/mol. The van der Waals surface area contributed by atoms with E-state index in [2.05, 4.69) is 4.74 Å². The molecule has 1 rings (SSSR count). The number of carbonyl (C=O) groups is 1. The molecule has 0 atom stereocenters. The van der Waals surface area contributed by atoms with Gasteiger partial charge in [0.25, 0.3) is 0 Å². The van der Waals surface area contributed by atoms with Crippen LogP contribution in [-0.4, -0.2) is 18.7 Å². The molecule has 0 aliphatic heterocycles. The summed E-state index contributed by atoms with van der Waals surface area (Å²) in [7, 11) is 0. The number of hydrogen-bond donors (Lipinski definition) is 0. The van der Waals surface area contributed by atoms with Crippen molar-refractivity contribution in [3.8, 4) is 5.75 Å². The predicted molar refractivity (Wildman–Crippen MR) is 62.7 cm³/mol. The highest BCUT2D eigenvalue weighted by Crippen LogP contribution is 2.37. The van der Waals surface area contributed by atoms with Crippen molar-refractivity contribution < 1.29 is 27.4 Å². The molecule has 0 aliphatic carbocycles. The van der Waals surface area contributed by atoms with Gasteiger partial charge < -0.3 is 9.47 Å². The van der Waals surface area contributed by atoms with Gasteiger partial charge in [-0.2, -0.15) is 8.78 Å². The quantitative estimate of drug-likeness (QED) is 0.774. The summed E-state index contributed by atoms with van der Waals surface area (Å²) in [5, 5.41) is 0. The smallest absolute Gasteiger partial charge is 0.382 e. The van der Waals surface area contributed by atoms with Gasteiger partial charge in [0, 0.05) is 6.07 Å². The topological polar surface area (TPSA) is 35.5 Å². The molecule has 19 heavy (non-hydrogen) atoms. The molecule has 6 heteroatoms. The first-order valence-electron chi connectivity index (χ1n) is 5.80. The van der Waals surface area contributed by atoms with Crippen LogP contribution in [0.5, 0.6) is 5.75 Å². The van der Waals surface area contributed by atoms with Crippen LogP contribution < -0.4 is 4.74 Å². The van der Waals surface area contributed by atoms with E-state index in [1.54, 1.807) is 13.8 Å². The van der Waals surface area contributed by atoms with Crippen molar-refractivity contribution in [2.75, 3.05) is 6.61 Å². The number of hydrogen-bond acceptors (Lipinski definition) is 3. The largest absolute Gasteiger partial charge is 0.490 e. The van der Waals surface area contributed by atoms with Crippen LogP contribution in [0.4, 0.5) is 13.2 Å². The SMILES string of the molecule is CCOC(=O)C(F)(F)c1ccc(F)cc1OC(C)C. The molecule has 0 heterocycles. The van der Waals surface area contributed by atoms with E-state index in [9.17, 15) is 18.0 Å². The minimum atomic E-state index is -3.88. The Labute approximate surface area is 109 Å². The average Bonchev–Trinajstić information content (AvgIpc) is 2.28. The third-order valence-corrected chi connectivity index (χ3v) is 2.18. The summed E-state index contributed by atoms with van der Waals surface area (Å²) in [5.74, 6) is -6.66. The number of rotatable bonds is 5. The Kier molecular flexibility index (Phi) is 4.80. The van der Waals surface area contributed by atoms with Gasteiger partial charge >= 0.3 is 11.9 Å². The lowest BCUT2D eigenvalue weighted by atomic mass is 10.1. The summed E-state index contributed by atoms with van der Waals surface area (Å²) in [6.07, 6.45) is -0.432. The van der Waals surface area contributed by atoms with Crippen molar-refractivity contribution in [1.82, 2.24) is 0 Å². The van der Waals surface area contributed by atoms with Crippen LogP contribution in [0.15, 0.2) is 18.2 Å². The fourth-order valence-corrected chi connectivity index (χ4v) is 1.44. The van der Waals surface area contributed by atoms with E-state index in [-0.39, 0.29) is 12.4 Å². The summed E-state index contributed by atoms with van der Waals surface area (Å²) in [6, 6.07) is 2.49. The molecule has 0 aromatic heterocycles. The van der Waals surface area contributed by atoms with Crippen LogP contribution in [0.2, 0.25) is 0 Å². The van der Waals surface area contributed by atoms with Gasteiger partial charge in [0.05, 0.1) is 18.3 Å². The zero-order valence-corrected chi connectivity index (χ0v) is 10.9. The zero-order valence-electron chi connectivity index (χ0n) is 10.9. The molecule has 0 unspecified atom stereocenters. The standard InChI is InChI=1S/C13H15F3O3/c1-4-18-12(17)13(15,16)10-6-5-9(14)7-11(10)19-8(2)3/h5-8H,4H2,1-3H3. The molecule has 0 fully saturated rings. The summed E-state index contributed by atoms with van der Waals surface area (Å²) < 4.78 is 50.3. The first-order chi connectivity index (χ1) is 8.78. The van der Waals surface area contributed by atoms with Crippen LogP contribution >= 0.6 is 0 Å². The summed E-state index contributed by atoms with van der Waals surface area (Å²) >= 11 is 0. The third kappa shape index (κ3) is 3.62. The van der Waals surface area contributed by atoms with Gasteiger partial charge in [-0.1, -0.05) is 0 Å². The molecular weight excluding hydrogens is 261 g/mol. The lowest BCUT2D eigenvalue weighted by Crippen LogP contribution is -2.29. The molecule has 0 saturated carbocycles. The van der Waals surface area contributed by atoms with Crippen LogP contribution in [0.1, 0.15) is 26.3 Å². The third-order valence-electron chi connectivity index (χ3n) is 2.18. The minimum absolute atomic E-state index is 0.171. The van der Waals surface area contributed by atoms with Crippen molar-refractivity contribution in [1.29, 1.82) is 0 Å². The number of halogens is 3. The second-order valence-corrected chi connectivity index (χ2v) is 4.10. The molecule has 106 valence electrons. The summed E-state index contributed by atoms with van der Waals surface area (Å²) in [6.45, 7) is 4.47. The Morgan fingerprint density at radius 1 is 1.37 bits per heavy atom. The minimum Gasteiger partial charge on any atom is -0.490 e. The van der Waals surface area contributed by atoms with Gasteiger partial charge in [0.2, 0.25) is 0 Å². The van der Waals surface area contributed by atoms with Crippen LogP contribution in [0.25, 0.3) is 0 Å². The van der Waals surface area contributed by atoms with E-state index in [1.807, 2.05) is 0 Å². The lowest BCUT2D eigenvalue weighted by Gasteiger charge is -2.20. The van der Waals surface area contributed by atoms with E-state index in [4.69, 9.17) is 4.74 Å². The molecule has 0 radical (unpaired) electrons. The average molecular weight is 276 g/mol. The van der Waals surface area contributed by atoms with E-state index in [1.165, 1.54) is 6.92 Å². The maximum Gasteiger partial charge on any atom is 0.382 e. The van der Waals surface area contributed by atoms with Gasteiger partial charge in [-0.25, -0.2) is 9.18 Å². The van der Waals surface area contributed by atoms with Gasteiger partial charge in [-0.05, 0) is 32.9 Å². The van der Waals surface area contributed by atoms with Crippen LogP contribution in [0.3, 0.4) is 0 Å². The van der Waals surface area contributed by atoms with Gasteiger partial charge in [-0.3, -0.25) is 0 Å². The fraction of sp³-hybridized carbons (Fsp3) is 0.462. The maximum atomic E-state index is 13.9. The molecule has 0 saturated heterocycles. The molecule has 0 spiro atoms. The second-order valence-electron chi connectivity index (χ2n) is 4.10. The van der Waals surface area contributed by atoms with E-state index >= 15 is 0 Å². The van der Waals surface area contributed by atoms with Crippen molar-refractivity contribution >= 4 is 5.97 Å². The number of carbonyl (C=O) groups excluding carboxylic acids is 1. The molecule has 0 bridgehead atoms. The Bertz CT molecular complexity index is 458. The van der Waals surface area contributed by atoms with E-state index < -0.39 is 29.4 Å². The van der Waals surface area contributed by atoms with Crippen molar-refractivity contribution in [3.63, 3.8) is 0 Å². The maximum absolute atomic E-state index is 13.9. The van der Waals surface area contributed by atoms with Crippen molar-refractivity contribution in [3.05, 3.63) is 29.6 Å². The highest BCUT2D eigenvalue weighted by Gasteiger charge is 2.45. The molecule has 0 N–H and O–H groups in total. The number of alkyl halides is 2. The van der Waals surface area contributed by atoms with Gasteiger partial charge in [-0.15, -0.1) is 0 Å². The first kappa shape index (κ1) is 15.3. The Balaban J connectivity index is 3.20. The number of benzene rings is 1. The number of esters is 1. The van der Waals surface area contributed by atoms with E-state index in [0.29, 0.717) is 0 Å². The van der Waals surface area contributed by atoms with Crippen LogP contribution in [0, 0.1) is 5.82 Å². The Morgan fingerprint density at radius 2 is 2.00 bits per heavy atom. The summed E-state index contributed by atoms with van der Waals surface area (Å²) in [5.41, 5.74) is -0.707. The molecule has 1 aromatic carbocycles. The molecular formula is C13H15F3O3. The predicted octanol–water partition coefficient (Wildman–Crippen LogP) is 3.27. The van der Waals surface area contributed by atoms with Gasteiger partial charge in [0.1, 0.15) is 11.6 Å². The molecule has 0 amide bonds. The van der Waals surface area contributed by atoms with Crippen molar-refractivity contribution in [2.24, 2.45) is 0 Å². The Morgan fingerprint density at radius 3 is 2.53 bits per heavy atom. The molecule has 3 nitrogen and oxygen atoms in total. The fourth-order valence-electron chi connectivity index (χ4n) is 1.44. The lowest BCUT2D eigenvalue weighted by molar-refractivity contribution is -0.173. The van der Waals surface area contributed by atoms with E-state index in [0.717, 1.165) is 18.2 Å². The highest BCUT2D eigenvalue weighted by molar-refractivity contribution is 5.80. The van der Waals surface area contributed by atoms with Crippen LogP contribution in [-0.2, 0) is 15.5 Å². The van der Waals surface area contributed by atoms with Gasteiger partial charge in [0.15, 0.2) is 0 Å². The van der Waals surface area contributed by atoms with Crippen molar-refractivity contribution in [2.45, 2.75) is 32.8 Å². The molecule has 1 aromatic rings. The second kappa shape index (κ2) is 5.95. The normalized spacial score (nSPS) is 11.5. The first-order valence-corrected chi connectivity index (χ1v) is 5.80. The number of ether oxygens (including phenoxy) is 2. The highest BCUT2D eigenvalue weighted by atomic mass is 19.3. The zero-order chi connectivity index (χ0) is 14.6. The summed E-state index contributed by atoms with van der Waals surface area (Å²) in [4.78, 5) is 11.3. The molecule has 0 aliphatic rings. The Hall–Kier alpha value is -1.72.